The molecule has 0 fully saturated rings. The number of primary amides is 1. The molecule has 0 bridgehead atoms. The Morgan fingerprint density at radius 2 is 2.11 bits per heavy atom. The van der Waals surface area contributed by atoms with E-state index >= 15 is 0 Å². The number of hydrogen-bond donors (Lipinski definition) is 2. The molecule has 9 heavy (non-hydrogen) atoms. The fourth-order valence-corrected chi connectivity index (χ4v) is 0.400. The summed E-state index contributed by atoms with van der Waals surface area (Å²) in [5, 5.41) is 0. The highest BCUT2D eigenvalue weighted by Crippen LogP contribution is 1.90. The Morgan fingerprint density at radius 1 is 1.56 bits per heavy atom. The molecule has 0 unspecified atom stereocenters. The normalized spacial score (nSPS) is 11.4. The van der Waals surface area contributed by atoms with E-state index in [4.69, 9.17) is 11.5 Å². The van der Waals surface area contributed by atoms with Crippen LogP contribution in [0.3, 0.4) is 0 Å². The minimum Gasteiger partial charge on any atom is -0.395 e. The summed E-state index contributed by atoms with van der Waals surface area (Å²) in [6.45, 7) is 2.00. The summed E-state index contributed by atoms with van der Waals surface area (Å²) >= 11 is 0. The van der Waals surface area contributed by atoms with Crippen LogP contribution in [0.25, 0.3) is 0 Å². The lowest BCUT2D eigenvalue weighted by Gasteiger charge is -1.91. The van der Waals surface area contributed by atoms with Crippen LogP contribution in [0, 0.1) is 0 Å². The molecule has 0 aromatic heterocycles. The molecule has 52 valence electrons. The standard InChI is InChI=1S/C6H12N2O/c1-2-3-4-5(7)6(8)9/h4H,2-3,7H2,1H3,(H2,8,9)/b5-4-. The van der Waals surface area contributed by atoms with E-state index in [1.807, 2.05) is 6.92 Å². The van der Waals surface area contributed by atoms with Crippen LogP contribution < -0.4 is 11.5 Å². The Kier molecular flexibility index (Phi) is 3.51. The van der Waals surface area contributed by atoms with E-state index in [2.05, 4.69) is 0 Å². The molecule has 3 heteroatoms. The molecule has 0 rings (SSSR count). The first-order valence-corrected chi connectivity index (χ1v) is 2.94. The Hall–Kier alpha value is -0.990. The van der Waals surface area contributed by atoms with Gasteiger partial charge in [-0.2, -0.15) is 0 Å². The molecular weight excluding hydrogens is 116 g/mol. The maximum absolute atomic E-state index is 10.2. The van der Waals surface area contributed by atoms with Crippen LogP contribution in [0.1, 0.15) is 19.8 Å². The molecular formula is C6H12N2O. The predicted molar refractivity (Wildman–Crippen MR) is 36.4 cm³/mol. The van der Waals surface area contributed by atoms with Crippen LogP contribution in [0.15, 0.2) is 11.8 Å². The summed E-state index contributed by atoms with van der Waals surface area (Å²) in [5.74, 6) is -0.538. The Labute approximate surface area is 54.7 Å². The van der Waals surface area contributed by atoms with Gasteiger partial charge in [0.2, 0.25) is 0 Å². The molecule has 0 radical (unpaired) electrons. The van der Waals surface area contributed by atoms with E-state index in [1.165, 1.54) is 0 Å². The van der Waals surface area contributed by atoms with Crippen LogP contribution in [0.2, 0.25) is 0 Å². The smallest absolute Gasteiger partial charge is 0.264 e. The number of amides is 1. The Bertz CT molecular complexity index is 129. The van der Waals surface area contributed by atoms with Crippen molar-refractivity contribution < 1.29 is 4.79 Å². The van der Waals surface area contributed by atoms with Gasteiger partial charge in [-0.15, -0.1) is 0 Å². The van der Waals surface area contributed by atoms with Gasteiger partial charge in [-0.05, 0) is 6.42 Å². The van der Waals surface area contributed by atoms with Crippen LogP contribution in [0.4, 0.5) is 0 Å². The molecule has 0 saturated heterocycles. The summed E-state index contributed by atoms with van der Waals surface area (Å²) in [6, 6.07) is 0. The van der Waals surface area contributed by atoms with Crippen molar-refractivity contribution in [1.29, 1.82) is 0 Å². The van der Waals surface area contributed by atoms with Crippen LogP contribution in [0.5, 0.6) is 0 Å². The largest absolute Gasteiger partial charge is 0.395 e. The van der Waals surface area contributed by atoms with Gasteiger partial charge in [-0.25, -0.2) is 0 Å². The van der Waals surface area contributed by atoms with Crippen LogP contribution in [-0.4, -0.2) is 5.91 Å². The van der Waals surface area contributed by atoms with E-state index in [0.29, 0.717) is 0 Å². The molecule has 0 aromatic rings. The first-order valence-electron chi connectivity index (χ1n) is 2.94. The molecule has 0 spiro atoms. The van der Waals surface area contributed by atoms with E-state index in [-0.39, 0.29) is 5.70 Å². The molecule has 0 aromatic carbocycles. The van der Waals surface area contributed by atoms with Crippen molar-refractivity contribution in [2.24, 2.45) is 11.5 Å². The highest BCUT2D eigenvalue weighted by atomic mass is 16.1. The zero-order valence-corrected chi connectivity index (χ0v) is 5.55. The molecule has 0 aliphatic heterocycles. The van der Waals surface area contributed by atoms with Gasteiger partial charge in [-0.3, -0.25) is 4.79 Å². The SMILES string of the molecule is CCC/C=C(\N)C(N)=O. The molecule has 1 amide bonds. The third kappa shape index (κ3) is 3.58. The van der Waals surface area contributed by atoms with Crippen LogP contribution >= 0.6 is 0 Å². The van der Waals surface area contributed by atoms with Crippen molar-refractivity contribution in [3.8, 4) is 0 Å². The first-order chi connectivity index (χ1) is 4.18. The molecule has 0 atom stereocenters. The summed E-state index contributed by atoms with van der Waals surface area (Å²) in [6.07, 6.45) is 3.44. The van der Waals surface area contributed by atoms with E-state index < -0.39 is 5.91 Å². The van der Waals surface area contributed by atoms with Gasteiger partial charge in [0.1, 0.15) is 0 Å². The predicted octanol–water partition coefficient (Wildman–Crippen LogP) is 0.114. The average molecular weight is 128 g/mol. The Balaban J connectivity index is 3.69. The zero-order valence-electron chi connectivity index (χ0n) is 5.55. The average Bonchev–Trinajstić information content (AvgIpc) is 1.82. The van der Waals surface area contributed by atoms with E-state index in [1.54, 1.807) is 6.08 Å². The van der Waals surface area contributed by atoms with E-state index in [0.717, 1.165) is 12.8 Å². The fraction of sp³-hybridized carbons (Fsp3) is 0.500. The lowest BCUT2D eigenvalue weighted by atomic mass is 10.3. The van der Waals surface area contributed by atoms with Gasteiger partial charge in [-0.1, -0.05) is 19.4 Å². The van der Waals surface area contributed by atoms with E-state index in [9.17, 15) is 4.79 Å². The van der Waals surface area contributed by atoms with Gasteiger partial charge >= 0.3 is 0 Å². The topological polar surface area (TPSA) is 69.1 Å². The first kappa shape index (κ1) is 8.01. The van der Waals surface area contributed by atoms with Crippen molar-refractivity contribution in [1.82, 2.24) is 0 Å². The second kappa shape index (κ2) is 3.95. The molecule has 0 aliphatic rings. The molecule has 0 aliphatic carbocycles. The molecule has 3 nitrogen and oxygen atoms in total. The third-order valence-corrected chi connectivity index (χ3v) is 0.937. The lowest BCUT2D eigenvalue weighted by molar-refractivity contribution is -0.114. The molecule has 0 saturated carbocycles. The number of unbranched alkanes of at least 4 members (excludes halogenated alkanes) is 1. The highest BCUT2D eigenvalue weighted by molar-refractivity contribution is 5.90. The van der Waals surface area contributed by atoms with Crippen LogP contribution in [-0.2, 0) is 4.79 Å². The lowest BCUT2D eigenvalue weighted by Crippen LogP contribution is -2.19. The van der Waals surface area contributed by atoms with Crippen molar-refractivity contribution in [2.45, 2.75) is 19.8 Å². The van der Waals surface area contributed by atoms with Crippen molar-refractivity contribution in [3.63, 3.8) is 0 Å². The maximum Gasteiger partial charge on any atom is 0.264 e. The van der Waals surface area contributed by atoms with Crippen molar-refractivity contribution in [2.75, 3.05) is 0 Å². The zero-order chi connectivity index (χ0) is 7.28. The summed E-state index contributed by atoms with van der Waals surface area (Å²) in [4.78, 5) is 10.2. The minimum absolute atomic E-state index is 0.164. The van der Waals surface area contributed by atoms with Gasteiger partial charge in [0.25, 0.3) is 5.91 Å². The number of nitrogens with two attached hydrogens (primary N) is 2. The number of rotatable bonds is 3. The molecule has 0 heterocycles. The minimum atomic E-state index is -0.538. The number of carbonyl (C=O) groups excluding carboxylic acids is 1. The monoisotopic (exact) mass is 128 g/mol. The quantitative estimate of drug-likeness (QED) is 0.530. The second-order valence-electron chi connectivity index (χ2n) is 1.81. The fourth-order valence-electron chi connectivity index (χ4n) is 0.400. The summed E-state index contributed by atoms with van der Waals surface area (Å²) in [5.41, 5.74) is 10.2. The number of hydrogen-bond acceptors (Lipinski definition) is 2. The summed E-state index contributed by atoms with van der Waals surface area (Å²) < 4.78 is 0. The Morgan fingerprint density at radius 3 is 2.44 bits per heavy atom. The highest BCUT2D eigenvalue weighted by Gasteiger charge is 1.94. The van der Waals surface area contributed by atoms with Gasteiger partial charge < -0.3 is 11.5 Å². The summed E-state index contributed by atoms with van der Waals surface area (Å²) in [7, 11) is 0. The second-order valence-corrected chi connectivity index (χ2v) is 1.81. The van der Waals surface area contributed by atoms with Crippen molar-refractivity contribution >= 4 is 5.91 Å². The van der Waals surface area contributed by atoms with Gasteiger partial charge in [0, 0.05) is 0 Å². The van der Waals surface area contributed by atoms with Gasteiger partial charge in [0.15, 0.2) is 0 Å². The maximum atomic E-state index is 10.2. The van der Waals surface area contributed by atoms with Gasteiger partial charge in [0.05, 0.1) is 5.70 Å². The molecule has 4 N–H and O–H groups in total. The van der Waals surface area contributed by atoms with Crippen molar-refractivity contribution in [3.05, 3.63) is 11.8 Å². The third-order valence-electron chi connectivity index (χ3n) is 0.937. The number of allylic oxidation sites excluding steroid dienone is 1. The number of carbonyl (C=O) groups is 1.